The van der Waals surface area contributed by atoms with Gasteiger partial charge >= 0.3 is 0 Å². The van der Waals surface area contributed by atoms with Crippen LogP contribution < -0.4 is 10.5 Å². The van der Waals surface area contributed by atoms with Crippen molar-refractivity contribution in [2.45, 2.75) is 25.9 Å². The van der Waals surface area contributed by atoms with E-state index in [9.17, 15) is 0 Å². The molecule has 5 heteroatoms. The van der Waals surface area contributed by atoms with E-state index in [0.717, 1.165) is 30.0 Å². The van der Waals surface area contributed by atoms with E-state index in [1.165, 1.54) is 0 Å². The highest BCUT2D eigenvalue weighted by Crippen LogP contribution is 2.27. The summed E-state index contributed by atoms with van der Waals surface area (Å²) in [5, 5.41) is 4.32. The van der Waals surface area contributed by atoms with Crippen LogP contribution in [0.3, 0.4) is 0 Å². The van der Waals surface area contributed by atoms with Crippen LogP contribution in [0, 0.1) is 0 Å². The van der Waals surface area contributed by atoms with E-state index in [1.807, 2.05) is 16.8 Å². The first kappa shape index (κ1) is 12.6. The summed E-state index contributed by atoms with van der Waals surface area (Å²) in [6.45, 7) is 2.94. The van der Waals surface area contributed by atoms with E-state index < -0.39 is 0 Å². The minimum Gasteiger partial charge on any atom is -0.493 e. The lowest BCUT2D eigenvalue weighted by Crippen LogP contribution is -2.18. The Morgan fingerprint density at radius 1 is 1.39 bits per heavy atom. The molecule has 0 radical (unpaired) electrons. The zero-order valence-corrected chi connectivity index (χ0v) is 10.7. The van der Waals surface area contributed by atoms with Gasteiger partial charge in [-0.05, 0) is 24.1 Å². The number of aromatic nitrogens is 3. The molecule has 2 N–H and O–H groups in total. The van der Waals surface area contributed by atoms with Gasteiger partial charge in [0.2, 0.25) is 0 Å². The van der Waals surface area contributed by atoms with E-state index in [2.05, 4.69) is 17.0 Å². The summed E-state index contributed by atoms with van der Waals surface area (Å²) >= 11 is 0. The van der Waals surface area contributed by atoms with Crippen LogP contribution in [0.5, 0.6) is 5.75 Å². The fourth-order valence-electron chi connectivity index (χ4n) is 1.97. The maximum atomic E-state index is 6.30. The number of aryl methyl sites for hydroxylation is 1. The predicted octanol–water partition coefficient (Wildman–Crippen LogP) is 1.74. The third-order valence-corrected chi connectivity index (χ3v) is 2.86. The summed E-state index contributed by atoms with van der Waals surface area (Å²) in [7, 11) is 1.63. The SMILES string of the molecule is CCCn1ncc(OC)c1C(N)c1ccncc1. The van der Waals surface area contributed by atoms with Crippen molar-refractivity contribution < 1.29 is 4.74 Å². The van der Waals surface area contributed by atoms with Crippen LogP contribution in [0.15, 0.2) is 30.7 Å². The highest BCUT2D eigenvalue weighted by atomic mass is 16.5. The summed E-state index contributed by atoms with van der Waals surface area (Å²) in [5.74, 6) is 0.729. The van der Waals surface area contributed by atoms with Crippen molar-refractivity contribution in [3.05, 3.63) is 42.0 Å². The lowest BCUT2D eigenvalue weighted by atomic mass is 10.1. The van der Waals surface area contributed by atoms with Crippen molar-refractivity contribution in [3.63, 3.8) is 0 Å². The summed E-state index contributed by atoms with van der Waals surface area (Å²) in [6.07, 6.45) is 6.19. The first-order valence-corrected chi connectivity index (χ1v) is 6.03. The third kappa shape index (κ3) is 2.36. The average Bonchev–Trinajstić information content (AvgIpc) is 2.82. The molecular formula is C13H18N4O. The molecule has 18 heavy (non-hydrogen) atoms. The number of hydrogen-bond donors (Lipinski definition) is 1. The molecule has 0 bridgehead atoms. The Labute approximate surface area is 107 Å². The number of methoxy groups -OCH3 is 1. The number of hydrogen-bond acceptors (Lipinski definition) is 4. The van der Waals surface area contributed by atoms with Crippen molar-refractivity contribution in [2.24, 2.45) is 5.73 Å². The van der Waals surface area contributed by atoms with Crippen LogP contribution in [0.4, 0.5) is 0 Å². The molecule has 5 nitrogen and oxygen atoms in total. The molecule has 2 heterocycles. The number of ether oxygens (including phenoxy) is 1. The summed E-state index contributed by atoms with van der Waals surface area (Å²) in [6, 6.07) is 3.57. The number of rotatable bonds is 5. The highest BCUT2D eigenvalue weighted by molar-refractivity contribution is 5.35. The minimum absolute atomic E-state index is 0.253. The highest BCUT2D eigenvalue weighted by Gasteiger charge is 2.19. The molecule has 1 unspecified atom stereocenters. The molecule has 0 aromatic carbocycles. The van der Waals surface area contributed by atoms with Gasteiger partial charge in [0, 0.05) is 18.9 Å². The number of nitrogens with two attached hydrogens (primary N) is 1. The predicted molar refractivity (Wildman–Crippen MR) is 69.3 cm³/mol. The maximum absolute atomic E-state index is 6.30. The molecule has 0 saturated heterocycles. The second-order valence-electron chi connectivity index (χ2n) is 4.08. The van der Waals surface area contributed by atoms with Gasteiger partial charge in [-0.15, -0.1) is 0 Å². The van der Waals surface area contributed by atoms with Crippen molar-refractivity contribution in [1.29, 1.82) is 0 Å². The molecule has 2 aromatic heterocycles. The van der Waals surface area contributed by atoms with Crippen LogP contribution in [-0.2, 0) is 6.54 Å². The zero-order chi connectivity index (χ0) is 13.0. The Hall–Kier alpha value is -1.88. The molecule has 96 valence electrons. The van der Waals surface area contributed by atoms with Crippen LogP contribution in [0.1, 0.15) is 30.6 Å². The Kier molecular flexibility index (Phi) is 3.94. The van der Waals surface area contributed by atoms with Gasteiger partial charge in [0.15, 0.2) is 5.75 Å². The van der Waals surface area contributed by atoms with Gasteiger partial charge in [-0.3, -0.25) is 9.67 Å². The Morgan fingerprint density at radius 3 is 2.72 bits per heavy atom. The molecule has 0 aliphatic rings. The largest absolute Gasteiger partial charge is 0.493 e. The first-order valence-electron chi connectivity index (χ1n) is 6.03. The van der Waals surface area contributed by atoms with Gasteiger partial charge in [-0.1, -0.05) is 6.92 Å². The topological polar surface area (TPSA) is 66.0 Å². The lowest BCUT2D eigenvalue weighted by molar-refractivity contribution is 0.404. The Bertz CT molecular complexity index is 495. The summed E-state index contributed by atoms with van der Waals surface area (Å²) in [4.78, 5) is 4.00. The van der Waals surface area contributed by atoms with E-state index in [-0.39, 0.29) is 6.04 Å². The van der Waals surface area contributed by atoms with Gasteiger partial charge < -0.3 is 10.5 Å². The van der Waals surface area contributed by atoms with Gasteiger partial charge in [0.05, 0.1) is 19.3 Å². The van der Waals surface area contributed by atoms with Crippen LogP contribution >= 0.6 is 0 Å². The Balaban J connectivity index is 2.39. The molecule has 0 amide bonds. The van der Waals surface area contributed by atoms with Gasteiger partial charge in [0.25, 0.3) is 0 Å². The van der Waals surface area contributed by atoms with Crippen LogP contribution in [-0.4, -0.2) is 21.9 Å². The molecule has 0 aliphatic carbocycles. The van der Waals surface area contributed by atoms with Crippen molar-refractivity contribution >= 4 is 0 Å². The number of pyridine rings is 1. The molecule has 2 aromatic rings. The number of nitrogens with zero attached hydrogens (tertiary/aromatic N) is 3. The molecule has 0 aliphatic heterocycles. The molecule has 0 saturated carbocycles. The molecule has 0 fully saturated rings. The fraction of sp³-hybridized carbons (Fsp3) is 0.385. The summed E-state index contributed by atoms with van der Waals surface area (Å²) < 4.78 is 7.24. The van der Waals surface area contributed by atoms with E-state index in [0.29, 0.717) is 0 Å². The Morgan fingerprint density at radius 2 is 2.11 bits per heavy atom. The van der Waals surface area contributed by atoms with Crippen molar-refractivity contribution in [3.8, 4) is 5.75 Å². The lowest BCUT2D eigenvalue weighted by Gasteiger charge is -2.15. The molecule has 0 spiro atoms. The van der Waals surface area contributed by atoms with Gasteiger partial charge in [-0.25, -0.2) is 0 Å². The second-order valence-corrected chi connectivity index (χ2v) is 4.08. The van der Waals surface area contributed by atoms with E-state index in [1.54, 1.807) is 25.7 Å². The smallest absolute Gasteiger partial charge is 0.161 e. The zero-order valence-electron chi connectivity index (χ0n) is 10.7. The monoisotopic (exact) mass is 246 g/mol. The molecular weight excluding hydrogens is 228 g/mol. The quantitative estimate of drug-likeness (QED) is 0.872. The first-order chi connectivity index (χ1) is 8.77. The summed E-state index contributed by atoms with van der Waals surface area (Å²) in [5.41, 5.74) is 8.21. The van der Waals surface area contributed by atoms with Crippen LogP contribution in [0.2, 0.25) is 0 Å². The molecule has 2 rings (SSSR count). The van der Waals surface area contributed by atoms with Crippen LogP contribution in [0.25, 0.3) is 0 Å². The molecule has 1 atom stereocenters. The maximum Gasteiger partial charge on any atom is 0.161 e. The standard InChI is InChI=1S/C13H18N4O/c1-3-8-17-13(11(18-2)9-16-17)12(14)10-4-6-15-7-5-10/h4-7,9,12H,3,8,14H2,1-2H3. The minimum atomic E-state index is -0.253. The van der Waals surface area contributed by atoms with Gasteiger partial charge in [0.1, 0.15) is 5.69 Å². The van der Waals surface area contributed by atoms with Crippen molar-refractivity contribution in [2.75, 3.05) is 7.11 Å². The average molecular weight is 246 g/mol. The third-order valence-electron chi connectivity index (χ3n) is 2.86. The normalized spacial score (nSPS) is 12.4. The fourth-order valence-corrected chi connectivity index (χ4v) is 1.97. The van der Waals surface area contributed by atoms with Crippen molar-refractivity contribution in [1.82, 2.24) is 14.8 Å². The van der Waals surface area contributed by atoms with E-state index >= 15 is 0 Å². The van der Waals surface area contributed by atoms with Gasteiger partial charge in [-0.2, -0.15) is 5.10 Å². The van der Waals surface area contributed by atoms with E-state index in [4.69, 9.17) is 10.5 Å². The second kappa shape index (κ2) is 5.64.